The van der Waals surface area contributed by atoms with Crippen molar-refractivity contribution in [3.63, 3.8) is 0 Å². The quantitative estimate of drug-likeness (QED) is 0.815. The molecule has 1 aliphatic heterocycles. The number of aromatic nitrogens is 1. The van der Waals surface area contributed by atoms with E-state index in [0.717, 1.165) is 31.5 Å². The number of rotatable bonds is 5. The van der Waals surface area contributed by atoms with Gasteiger partial charge in [0.1, 0.15) is 0 Å². The third-order valence-electron chi connectivity index (χ3n) is 4.61. The van der Waals surface area contributed by atoms with Crippen molar-refractivity contribution in [3.8, 4) is 0 Å². The Kier molecular flexibility index (Phi) is 5.36. The first-order chi connectivity index (χ1) is 12.8. The molecule has 1 fully saturated rings. The molecular formula is C19H23N3O4S. The lowest BCUT2D eigenvalue weighted by atomic mass is 10.0. The molecule has 1 aromatic carbocycles. The highest BCUT2D eigenvalue weighted by molar-refractivity contribution is 7.92. The second-order valence-corrected chi connectivity index (χ2v) is 8.70. The van der Waals surface area contributed by atoms with Gasteiger partial charge in [0.15, 0.2) is 5.82 Å². The normalized spacial score (nSPS) is 17.6. The van der Waals surface area contributed by atoms with Crippen molar-refractivity contribution in [2.75, 3.05) is 22.7 Å². The maximum Gasteiger partial charge on any atom is 0.337 e. The third-order valence-corrected chi connectivity index (χ3v) is 5.98. The van der Waals surface area contributed by atoms with Crippen LogP contribution in [0, 0.1) is 12.8 Å². The van der Waals surface area contributed by atoms with E-state index >= 15 is 0 Å². The van der Waals surface area contributed by atoms with E-state index in [1.54, 1.807) is 12.1 Å². The van der Waals surface area contributed by atoms with Gasteiger partial charge in [0.2, 0.25) is 0 Å². The van der Waals surface area contributed by atoms with Crippen LogP contribution in [0.4, 0.5) is 11.5 Å². The van der Waals surface area contributed by atoms with Gasteiger partial charge in [0, 0.05) is 19.3 Å². The van der Waals surface area contributed by atoms with Crippen molar-refractivity contribution in [2.45, 2.75) is 31.6 Å². The minimum Gasteiger partial charge on any atom is -0.478 e. The Morgan fingerprint density at radius 3 is 2.78 bits per heavy atom. The van der Waals surface area contributed by atoms with E-state index in [4.69, 9.17) is 0 Å². The highest BCUT2D eigenvalue weighted by atomic mass is 32.2. The van der Waals surface area contributed by atoms with Gasteiger partial charge in [-0.25, -0.2) is 18.2 Å². The number of carboxylic acids is 1. The molecule has 8 heteroatoms. The molecule has 0 spiro atoms. The number of aromatic carboxylic acids is 1. The van der Waals surface area contributed by atoms with Crippen LogP contribution in [0.25, 0.3) is 0 Å². The number of aryl methyl sites for hydroxylation is 1. The van der Waals surface area contributed by atoms with Crippen molar-refractivity contribution in [1.82, 2.24) is 4.98 Å². The van der Waals surface area contributed by atoms with Crippen LogP contribution in [0.15, 0.2) is 41.4 Å². The molecule has 1 atom stereocenters. The van der Waals surface area contributed by atoms with E-state index in [9.17, 15) is 18.3 Å². The van der Waals surface area contributed by atoms with Crippen LogP contribution < -0.4 is 9.62 Å². The topological polar surface area (TPSA) is 99.6 Å². The lowest BCUT2D eigenvalue weighted by Crippen LogP contribution is -2.35. The maximum atomic E-state index is 12.8. The molecule has 0 radical (unpaired) electrons. The standard InChI is InChI=1S/C19H23N3O4S/c1-13-5-3-7-16(9-13)27(25,26)21-17-10-15(19(23)24)11-20-18(17)22-8-4-6-14(2)12-22/h3,5,7,9-11,14,21H,4,6,8,12H2,1-2H3,(H,23,24)/t14-/m1/s1. The van der Waals surface area contributed by atoms with Gasteiger partial charge in [-0.1, -0.05) is 19.1 Å². The summed E-state index contributed by atoms with van der Waals surface area (Å²) in [5.74, 6) is -0.235. The first kappa shape index (κ1) is 19.2. The Hall–Kier alpha value is -2.61. The van der Waals surface area contributed by atoms with Crippen LogP contribution in [-0.2, 0) is 10.0 Å². The van der Waals surface area contributed by atoms with E-state index in [1.165, 1.54) is 18.3 Å². The number of pyridine rings is 1. The van der Waals surface area contributed by atoms with Crippen molar-refractivity contribution in [1.29, 1.82) is 0 Å². The van der Waals surface area contributed by atoms with Gasteiger partial charge in [-0.05, 0) is 49.4 Å². The van der Waals surface area contributed by atoms with Crippen molar-refractivity contribution >= 4 is 27.5 Å². The summed E-state index contributed by atoms with van der Waals surface area (Å²) >= 11 is 0. The average Bonchev–Trinajstić information content (AvgIpc) is 2.61. The Balaban J connectivity index is 2.01. The predicted octanol–water partition coefficient (Wildman–Crippen LogP) is 3.13. The Morgan fingerprint density at radius 2 is 2.11 bits per heavy atom. The SMILES string of the molecule is Cc1cccc(S(=O)(=O)Nc2cc(C(=O)O)cnc2N2CCC[C@@H](C)C2)c1. The number of carbonyl (C=O) groups is 1. The van der Waals surface area contributed by atoms with Gasteiger partial charge >= 0.3 is 5.97 Å². The minimum atomic E-state index is -3.86. The molecule has 0 unspecified atom stereocenters. The number of carboxylic acid groups (broad SMARTS) is 1. The molecule has 144 valence electrons. The molecule has 0 aliphatic carbocycles. The van der Waals surface area contributed by atoms with Crippen LogP contribution in [-0.4, -0.2) is 37.6 Å². The van der Waals surface area contributed by atoms with Gasteiger partial charge in [-0.15, -0.1) is 0 Å². The van der Waals surface area contributed by atoms with E-state index in [1.807, 2.05) is 17.9 Å². The number of sulfonamides is 1. The fraction of sp³-hybridized carbons (Fsp3) is 0.368. The van der Waals surface area contributed by atoms with E-state index in [2.05, 4.69) is 16.6 Å². The molecule has 0 saturated carbocycles. The van der Waals surface area contributed by atoms with E-state index in [0.29, 0.717) is 11.7 Å². The second kappa shape index (κ2) is 7.56. The van der Waals surface area contributed by atoms with Crippen LogP contribution in [0.5, 0.6) is 0 Å². The molecular weight excluding hydrogens is 366 g/mol. The molecule has 2 heterocycles. The number of hydrogen-bond donors (Lipinski definition) is 2. The van der Waals surface area contributed by atoms with Crippen LogP contribution in [0.3, 0.4) is 0 Å². The number of nitrogens with zero attached hydrogens (tertiary/aromatic N) is 2. The maximum absolute atomic E-state index is 12.8. The molecule has 7 nitrogen and oxygen atoms in total. The number of hydrogen-bond acceptors (Lipinski definition) is 5. The Labute approximate surface area is 159 Å². The van der Waals surface area contributed by atoms with E-state index in [-0.39, 0.29) is 16.1 Å². The molecule has 0 bridgehead atoms. The molecule has 0 amide bonds. The Morgan fingerprint density at radius 1 is 1.33 bits per heavy atom. The first-order valence-electron chi connectivity index (χ1n) is 8.84. The van der Waals surface area contributed by atoms with Crippen molar-refractivity contribution < 1.29 is 18.3 Å². The number of benzene rings is 1. The fourth-order valence-corrected chi connectivity index (χ4v) is 4.43. The van der Waals surface area contributed by atoms with Gasteiger partial charge in [-0.3, -0.25) is 4.72 Å². The fourth-order valence-electron chi connectivity index (χ4n) is 3.27. The summed E-state index contributed by atoms with van der Waals surface area (Å²) in [6.45, 7) is 5.45. The number of anilines is 2. The average molecular weight is 389 g/mol. The summed E-state index contributed by atoms with van der Waals surface area (Å²) in [6.07, 6.45) is 3.35. The molecule has 2 aromatic rings. The van der Waals surface area contributed by atoms with E-state index < -0.39 is 16.0 Å². The number of nitrogens with one attached hydrogen (secondary N) is 1. The summed E-state index contributed by atoms with van der Waals surface area (Å²) in [7, 11) is -3.86. The molecule has 1 aliphatic rings. The number of piperidine rings is 1. The molecule has 2 N–H and O–H groups in total. The smallest absolute Gasteiger partial charge is 0.337 e. The minimum absolute atomic E-state index is 0.0641. The van der Waals surface area contributed by atoms with Crippen molar-refractivity contribution in [2.24, 2.45) is 5.92 Å². The summed E-state index contributed by atoms with van der Waals surface area (Å²) in [5, 5.41) is 9.27. The largest absolute Gasteiger partial charge is 0.478 e. The highest BCUT2D eigenvalue weighted by Gasteiger charge is 2.24. The predicted molar refractivity (Wildman–Crippen MR) is 104 cm³/mol. The summed E-state index contributed by atoms with van der Waals surface area (Å²) in [4.78, 5) is 17.7. The highest BCUT2D eigenvalue weighted by Crippen LogP contribution is 2.30. The van der Waals surface area contributed by atoms with Crippen LogP contribution in [0.1, 0.15) is 35.7 Å². The lowest BCUT2D eigenvalue weighted by molar-refractivity contribution is 0.0696. The molecule has 1 aromatic heterocycles. The summed E-state index contributed by atoms with van der Waals surface area (Å²) in [5.41, 5.74) is 0.941. The zero-order valence-corrected chi connectivity index (χ0v) is 16.2. The summed E-state index contributed by atoms with van der Waals surface area (Å²) in [6, 6.07) is 7.89. The van der Waals surface area contributed by atoms with Crippen molar-refractivity contribution in [3.05, 3.63) is 47.7 Å². The van der Waals surface area contributed by atoms with Crippen LogP contribution >= 0.6 is 0 Å². The first-order valence-corrected chi connectivity index (χ1v) is 10.3. The molecule has 3 rings (SSSR count). The summed E-state index contributed by atoms with van der Waals surface area (Å²) < 4.78 is 28.2. The zero-order valence-electron chi connectivity index (χ0n) is 15.3. The van der Waals surface area contributed by atoms with Gasteiger partial charge in [-0.2, -0.15) is 0 Å². The third kappa shape index (κ3) is 4.39. The van der Waals surface area contributed by atoms with Gasteiger partial charge in [0.25, 0.3) is 10.0 Å². The van der Waals surface area contributed by atoms with Gasteiger partial charge < -0.3 is 10.0 Å². The van der Waals surface area contributed by atoms with Crippen LogP contribution in [0.2, 0.25) is 0 Å². The molecule has 1 saturated heterocycles. The zero-order chi connectivity index (χ0) is 19.6. The van der Waals surface area contributed by atoms with Gasteiger partial charge in [0.05, 0.1) is 16.1 Å². The lowest BCUT2D eigenvalue weighted by Gasteiger charge is -2.33. The second-order valence-electron chi connectivity index (χ2n) is 7.02. The molecule has 27 heavy (non-hydrogen) atoms. The monoisotopic (exact) mass is 389 g/mol. The Bertz CT molecular complexity index is 959.